The molecule has 0 aliphatic rings. The van der Waals surface area contributed by atoms with E-state index in [4.69, 9.17) is 5.11 Å². The van der Waals surface area contributed by atoms with Gasteiger partial charge in [0.1, 0.15) is 0 Å². The quantitative estimate of drug-likeness (QED) is 0.598. The Morgan fingerprint density at radius 3 is 2.75 bits per heavy atom. The van der Waals surface area contributed by atoms with Gasteiger partial charge in [-0.2, -0.15) is 0 Å². The van der Waals surface area contributed by atoms with Crippen molar-refractivity contribution >= 4 is 11.5 Å². The zero-order valence-corrected chi connectivity index (χ0v) is 9.52. The van der Waals surface area contributed by atoms with Gasteiger partial charge in [0.15, 0.2) is 0 Å². The maximum atomic E-state index is 10.9. The molecule has 0 spiro atoms. The van der Waals surface area contributed by atoms with E-state index in [1.54, 1.807) is 26.8 Å². The Morgan fingerprint density at radius 2 is 2.25 bits per heavy atom. The summed E-state index contributed by atoms with van der Waals surface area (Å²) in [5.41, 5.74) is -0.161. The van der Waals surface area contributed by atoms with E-state index in [0.717, 1.165) is 0 Å². The van der Waals surface area contributed by atoms with Gasteiger partial charge in [0, 0.05) is 11.8 Å². The average Bonchev–Trinajstić information content (AvgIpc) is 2.16. The molecular weight excluding hydrogens is 210 g/mol. The van der Waals surface area contributed by atoms with Crippen molar-refractivity contribution in [3.05, 3.63) is 27.9 Å². The maximum absolute atomic E-state index is 10.9. The highest BCUT2D eigenvalue weighted by molar-refractivity contribution is 5.60. The zero-order valence-electron chi connectivity index (χ0n) is 9.52. The van der Waals surface area contributed by atoms with Crippen molar-refractivity contribution in [3.8, 4) is 0 Å². The Balaban J connectivity index is 3.14. The predicted molar refractivity (Wildman–Crippen MR) is 60.4 cm³/mol. The third kappa shape index (κ3) is 2.66. The number of nitrogens with one attached hydrogen (secondary N) is 1. The second kappa shape index (κ2) is 4.44. The van der Waals surface area contributed by atoms with Crippen molar-refractivity contribution in [2.24, 2.45) is 0 Å². The molecule has 16 heavy (non-hydrogen) atoms. The Hall–Kier alpha value is -1.69. The topological polar surface area (TPSA) is 88.3 Å². The molecule has 1 aromatic heterocycles. The molecule has 1 rings (SSSR count). The maximum Gasteiger partial charge on any atom is 0.314 e. The Bertz CT molecular complexity index is 404. The number of aryl methyl sites for hydroxylation is 1. The van der Waals surface area contributed by atoms with Crippen molar-refractivity contribution < 1.29 is 10.0 Å². The second-order valence-electron chi connectivity index (χ2n) is 4.25. The third-order valence-corrected chi connectivity index (χ3v) is 2.16. The summed E-state index contributed by atoms with van der Waals surface area (Å²) < 4.78 is 0. The molecule has 0 unspecified atom stereocenters. The SMILES string of the molecule is Cc1ccnc(NC(C)(C)CO)c1[N+](=O)[O-]. The number of nitrogens with zero attached hydrogens (tertiary/aromatic N) is 2. The summed E-state index contributed by atoms with van der Waals surface area (Å²) >= 11 is 0. The van der Waals surface area contributed by atoms with Crippen LogP contribution < -0.4 is 5.32 Å². The summed E-state index contributed by atoms with van der Waals surface area (Å²) in [6.07, 6.45) is 1.50. The van der Waals surface area contributed by atoms with Crippen LogP contribution in [0.3, 0.4) is 0 Å². The van der Waals surface area contributed by atoms with Gasteiger partial charge in [-0.1, -0.05) is 0 Å². The highest BCUT2D eigenvalue weighted by Gasteiger charge is 2.24. The van der Waals surface area contributed by atoms with E-state index in [2.05, 4.69) is 10.3 Å². The number of hydrogen-bond donors (Lipinski definition) is 2. The normalized spacial score (nSPS) is 11.2. The molecule has 0 aliphatic carbocycles. The van der Waals surface area contributed by atoms with Crippen LogP contribution in [0.5, 0.6) is 0 Å². The number of anilines is 1. The van der Waals surface area contributed by atoms with Crippen LogP contribution in [0.2, 0.25) is 0 Å². The fourth-order valence-electron chi connectivity index (χ4n) is 1.23. The van der Waals surface area contributed by atoms with Crippen molar-refractivity contribution in [2.75, 3.05) is 11.9 Å². The van der Waals surface area contributed by atoms with Crippen LogP contribution in [0.25, 0.3) is 0 Å². The lowest BCUT2D eigenvalue weighted by atomic mass is 10.1. The van der Waals surface area contributed by atoms with Gasteiger partial charge in [0.05, 0.1) is 17.1 Å². The van der Waals surface area contributed by atoms with Gasteiger partial charge in [0.25, 0.3) is 0 Å². The first-order valence-corrected chi connectivity index (χ1v) is 4.86. The number of nitro groups is 1. The number of pyridine rings is 1. The van der Waals surface area contributed by atoms with Crippen LogP contribution in [0.15, 0.2) is 12.3 Å². The fourth-order valence-corrected chi connectivity index (χ4v) is 1.23. The molecule has 1 aromatic rings. The Kier molecular flexibility index (Phi) is 3.44. The third-order valence-electron chi connectivity index (χ3n) is 2.16. The molecule has 6 heteroatoms. The molecule has 1 heterocycles. The molecular formula is C10H15N3O3. The minimum atomic E-state index is -0.647. The molecule has 0 aliphatic heterocycles. The highest BCUT2D eigenvalue weighted by atomic mass is 16.6. The smallest absolute Gasteiger partial charge is 0.314 e. The number of hydrogen-bond acceptors (Lipinski definition) is 5. The number of rotatable bonds is 4. The van der Waals surface area contributed by atoms with E-state index in [9.17, 15) is 10.1 Å². The van der Waals surface area contributed by atoms with E-state index in [1.165, 1.54) is 6.20 Å². The zero-order chi connectivity index (χ0) is 12.3. The first-order valence-electron chi connectivity index (χ1n) is 4.86. The van der Waals surface area contributed by atoms with Crippen LogP contribution >= 0.6 is 0 Å². The summed E-state index contributed by atoms with van der Waals surface area (Å²) in [5.74, 6) is 0.184. The van der Waals surface area contributed by atoms with Gasteiger partial charge in [-0.25, -0.2) is 4.98 Å². The molecule has 2 N–H and O–H groups in total. The Labute approximate surface area is 93.5 Å². The molecule has 88 valence electrons. The molecule has 0 amide bonds. The number of aromatic nitrogens is 1. The first-order chi connectivity index (χ1) is 7.37. The van der Waals surface area contributed by atoms with Gasteiger partial charge in [-0.3, -0.25) is 10.1 Å². The van der Waals surface area contributed by atoms with Crippen LogP contribution in [0, 0.1) is 17.0 Å². The summed E-state index contributed by atoms with van der Waals surface area (Å²) in [6.45, 7) is 4.98. The van der Waals surface area contributed by atoms with Crippen LogP contribution in [0.4, 0.5) is 11.5 Å². The van der Waals surface area contributed by atoms with Gasteiger partial charge >= 0.3 is 5.69 Å². The molecule has 0 bridgehead atoms. The van der Waals surface area contributed by atoms with Crippen molar-refractivity contribution in [1.82, 2.24) is 4.98 Å². The average molecular weight is 225 g/mol. The lowest BCUT2D eigenvalue weighted by Gasteiger charge is -2.23. The van der Waals surface area contributed by atoms with Crippen molar-refractivity contribution in [1.29, 1.82) is 0 Å². The van der Waals surface area contributed by atoms with Crippen LogP contribution in [-0.4, -0.2) is 27.2 Å². The number of aliphatic hydroxyl groups excluding tert-OH is 1. The molecule has 0 radical (unpaired) electrons. The van der Waals surface area contributed by atoms with Gasteiger partial charge in [-0.05, 0) is 26.8 Å². The standard InChI is InChI=1S/C10H15N3O3/c1-7-4-5-11-9(8(7)13(15)16)12-10(2,3)6-14/h4-5,14H,6H2,1-3H3,(H,11,12). The molecule has 6 nitrogen and oxygen atoms in total. The van der Waals surface area contributed by atoms with E-state index >= 15 is 0 Å². The van der Waals surface area contributed by atoms with Crippen LogP contribution in [-0.2, 0) is 0 Å². The van der Waals surface area contributed by atoms with Crippen molar-refractivity contribution in [3.63, 3.8) is 0 Å². The Morgan fingerprint density at radius 1 is 1.62 bits per heavy atom. The van der Waals surface area contributed by atoms with Gasteiger partial charge in [-0.15, -0.1) is 0 Å². The second-order valence-corrected chi connectivity index (χ2v) is 4.25. The van der Waals surface area contributed by atoms with E-state index in [-0.39, 0.29) is 18.1 Å². The minimum Gasteiger partial charge on any atom is -0.394 e. The molecule has 0 aromatic carbocycles. The highest BCUT2D eigenvalue weighted by Crippen LogP contribution is 2.27. The summed E-state index contributed by atoms with van der Waals surface area (Å²) in [4.78, 5) is 14.3. The van der Waals surface area contributed by atoms with Crippen molar-refractivity contribution in [2.45, 2.75) is 26.3 Å². The predicted octanol–water partition coefficient (Wildman–Crippen LogP) is 1.48. The first kappa shape index (κ1) is 12.4. The number of aliphatic hydroxyl groups is 1. The van der Waals surface area contributed by atoms with Gasteiger partial charge in [0.2, 0.25) is 5.82 Å². The van der Waals surface area contributed by atoms with E-state index in [1.807, 2.05) is 0 Å². The molecule has 0 saturated carbocycles. The molecule has 0 atom stereocenters. The fraction of sp³-hybridized carbons (Fsp3) is 0.500. The molecule has 0 fully saturated rings. The summed E-state index contributed by atoms with van der Waals surface area (Å²) in [7, 11) is 0. The van der Waals surface area contributed by atoms with Gasteiger partial charge < -0.3 is 10.4 Å². The molecule has 0 saturated heterocycles. The minimum absolute atomic E-state index is 0.0518. The van der Waals surface area contributed by atoms with E-state index < -0.39 is 10.5 Å². The largest absolute Gasteiger partial charge is 0.394 e. The van der Waals surface area contributed by atoms with E-state index in [0.29, 0.717) is 5.56 Å². The monoisotopic (exact) mass is 225 g/mol. The lowest BCUT2D eigenvalue weighted by molar-refractivity contribution is -0.384. The van der Waals surface area contributed by atoms with Crippen LogP contribution in [0.1, 0.15) is 19.4 Å². The lowest BCUT2D eigenvalue weighted by Crippen LogP contribution is -2.35. The summed E-state index contributed by atoms with van der Waals surface area (Å²) in [5, 5.41) is 22.8. The summed E-state index contributed by atoms with van der Waals surface area (Å²) in [6, 6.07) is 1.58.